The molecule has 0 spiro atoms. The van der Waals surface area contributed by atoms with E-state index in [9.17, 15) is 5.11 Å². The fourth-order valence-corrected chi connectivity index (χ4v) is 2.90. The predicted molar refractivity (Wildman–Crippen MR) is 107 cm³/mol. The van der Waals surface area contributed by atoms with Gasteiger partial charge in [-0.25, -0.2) is 0 Å². The minimum Gasteiger partial charge on any atom is -0.390 e. The van der Waals surface area contributed by atoms with Crippen LogP contribution in [-0.4, -0.2) is 46.8 Å². The van der Waals surface area contributed by atoms with Crippen LogP contribution in [0.3, 0.4) is 0 Å². The molecule has 6 nitrogen and oxygen atoms in total. The predicted octanol–water partition coefficient (Wildman–Crippen LogP) is 3.02. The maximum atomic E-state index is 10.1. The van der Waals surface area contributed by atoms with E-state index in [1.807, 2.05) is 24.4 Å². The highest BCUT2D eigenvalue weighted by atomic mass is 16.7. The maximum Gasteiger partial charge on any atom is 0.0885 e. The van der Waals surface area contributed by atoms with E-state index in [0.717, 1.165) is 5.69 Å². The quantitative estimate of drug-likeness (QED) is 0.570. The van der Waals surface area contributed by atoms with Crippen LogP contribution < -0.4 is 5.32 Å². The molecule has 3 aromatic rings. The Hall–Kier alpha value is -2.67. The van der Waals surface area contributed by atoms with Gasteiger partial charge in [0.2, 0.25) is 0 Å². The van der Waals surface area contributed by atoms with Crippen molar-refractivity contribution in [2.24, 2.45) is 0 Å². The zero-order valence-electron chi connectivity index (χ0n) is 15.7. The summed E-state index contributed by atoms with van der Waals surface area (Å²) in [6.45, 7) is 1.55. The van der Waals surface area contributed by atoms with Crippen molar-refractivity contribution in [3.63, 3.8) is 0 Å². The Morgan fingerprint density at radius 2 is 1.93 bits per heavy atom. The molecular weight excluding hydrogens is 340 g/mol. The van der Waals surface area contributed by atoms with Gasteiger partial charge >= 0.3 is 0 Å². The fraction of sp³-hybridized carbons (Fsp3) is 0.286. The topological polar surface area (TPSA) is 62.6 Å². The van der Waals surface area contributed by atoms with Crippen LogP contribution in [0, 0.1) is 0 Å². The smallest absolute Gasteiger partial charge is 0.0885 e. The number of benzene rings is 2. The van der Waals surface area contributed by atoms with Gasteiger partial charge < -0.3 is 15.3 Å². The van der Waals surface area contributed by atoms with E-state index in [4.69, 9.17) is 4.84 Å². The number of hydrogen-bond donors (Lipinski definition) is 2. The van der Waals surface area contributed by atoms with Gasteiger partial charge in [0.05, 0.1) is 38.2 Å². The molecule has 0 radical (unpaired) electrons. The molecule has 0 aliphatic heterocycles. The molecule has 0 aliphatic carbocycles. The maximum absolute atomic E-state index is 10.1. The van der Waals surface area contributed by atoms with Crippen LogP contribution >= 0.6 is 0 Å². The summed E-state index contributed by atoms with van der Waals surface area (Å²) in [6.07, 6.45) is 3.12. The second kappa shape index (κ2) is 9.32. The van der Waals surface area contributed by atoms with Gasteiger partial charge in [0.15, 0.2) is 0 Å². The number of aliphatic hydroxyl groups excluding tert-OH is 1. The van der Waals surface area contributed by atoms with Crippen LogP contribution in [0.1, 0.15) is 5.56 Å². The van der Waals surface area contributed by atoms with E-state index in [-0.39, 0.29) is 0 Å². The van der Waals surface area contributed by atoms with Crippen LogP contribution in [0.5, 0.6) is 0 Å². The molecule has 0 saturated heterocycles. The summed E-state index contributed by atoms with van der Waals surface area (Å²) in [4.78, 5) is 5.02. The zero-order valence-corrected chi connectivity index (χ0v) is 15.7. The van der Waals surface area contributed by atoms with E-state index in [1.54, 1.807) is 30.1 Å². The van der Waals surface area contributed by atoms with Crippen molar-refractivity contribution >= 4 is 5.69 Å². The molecule has 1 heterocycles. The largest absolute Gasteiger partial charge is 0.390 e. The van der Waals surface area contributed by atoms with Crippen molar-refractivity contribution < 1.29 is 9.94 Å². The first-order chi connectivity index (χ1) is 13.1. The summed E-state index contributed by atoms with van der Waals surface area (Å²) >= 11 is 0. The molecule has 0 fully saturated rings. The number of nitrogens with one attached hydrogen (secondary N) is 1. The van der Waals surface area contributed by atoms with Crippen molar-refractivity contribution in [1.29, 1.82) is 0 Å². The molecule has 0 amide bonds. The lowest BCUT2D eigenvalue weighted by Crippen LogP contribution is -2.31. The SMILES string of the molecule is CON(C)C[C@@H](O)Cn1cc(NCc2cccc(-c3ccccc3)c2)cn1. The van der Waals surface area contributed by atoms with Crippen LogP contribution in [0.4, 0.5) is 5.69 Å². The number of hydrogen-bond acceptors (Lipinski definition) is 5. The molecule has 0 bridgehead atoms. The first kappa shape index (κ1) is 19.1. The third-order valence-corrected chi connectivity index (χ3v) is 4.34. The normalized spacial score (nSPS) is 12.3. The van der Waals surface area contributed by atoms with Gasteiger partial charge in [0.1, 0.15) is 0 Å². The lowest BCUT2D eigenvalue weighted by molar-refractivity contribution is -0.129. The number of aliphatic hydroxyl groups is 1. The third-order valence-electron chi connectivity index (χ3n) is 4.34. The van der Waals surface area contributed by atoms with Gasteiger partial charge in [0.25, 0.3) is 0 Å². The Labute approximate surface area is 160 Å². The average molecular weight is 366 g/mol. The minimum absolute atomic E-state index is 0.416. The summed E-state index contributed by atoms with van der Waals surface area (Å²) < 4.78 is 1.73. The number of hydroxylamine groups is 2. The first-order valence-electron chi connectivity index (χ1n) is 8.98. The first-order valence-corrected chi connectivity index (χ1v) is 8.98. The van der Waals surface area contributed by atoms with Crippen molar-refractivity contribution in [2.45, 2.75) is 19.2 Å². The molecule has 0 unspecified atom stereocenters. The Morgan fingerprint density at radius 3 is 2.70 bits per heavy atom. The van der Waals surface area contributed by atoms with E-state index < -0.39 is 6.10 Å². The summed E-state index contributed by atoms with van der Waals surface area (Å²) in [5.74, 6) is 0. The van der Waals surface area contributed by atoms with Crippen molar-refractivity contribution in [3.05, 3.63) is 72.6 Å². The molecule has 2 N–H and O–H groups in total. The van der Waals surface area contributed by atoms with E-state index in [0.29, 0.717) is 19.6 Å². The van der Waals surface area contributed by atoms with Crippen LogP contribution in [0.15, 0.2) is 67.0 Å². The number of nitrogens with zero attached hydrogens (tertiary/aromatic N) is 3. The highest BCUT2D eigenvalue weighted by Crippen LogP contribution is 2.20. The molecule has 1 aromatic heterocycles. The van der Waals surface area contributed by atoms with Crippen LogP contribution in [-0.2, 0) is 17.9 Å². The highest BCUT2D eigenvalue weighted by Gasteiger charge is 2.10. The summed E-state index contributed by atoms with van der Waals surface area (Å²) in [6, 6.07) is 18.8. The molecule has 0 aliphatic rings. The van der Waals surface area contributed by atoms with Crippen molar-refractivity contribution in [1.82, 2.24) is 14.8 Å². The summed E-state index contributed by atoms with van der Waals surface area (Å²) in [5, 5.41) is 19.3. The highest BCUT2D eigenvalue weighted by molar-refractivity contribution is 5.64. The number of rotatable bonds is 9. The molecular formula is C21H26N4O2. The van der Waals surface area contributed by atoms with Gasteiger partial charge in [-0.05, 0) is 22.8 Å². The lowest BCUT2D eigenvalue weighted by atomic mass is 10.0. The average Bonchev–Trinajstić information content (AvgIpc) is 3.14. The second-order valence-corrected chi connectivity index (χ2v) is 6.52. The molecule has 0 saturated carbocycles. The van der Waals surface area contributed by atoms with E-state index in [2.05, 4.69) is 46.8 Å². The molecule has 2 aromatic carbocycles. The number of anilines is 1. The molecule has 27 heavy (non-hydrogen) atoms. The minimum atomic E-state index is -0.551. The Bertz CT molecular complexity index is 835. The number of aromatic nitrogens is 2. The Balaban J connectivity index is 1.56. The Kier molecular flexibility index (Phi) is 6.59. The van der Waals surface area contributed by atoms with Crippen LogP contribution in [0.25, 0.3) is 11.1 Å². The van der Waals surface area contributed by atoms with Gasteiger partial charge in [-0.15, -0.1) is 0 Å². The summed E-state index contributed by atoms with van der Waals surface area (Å²) in [5.41, 5.74) is 4.54. The van der Waals surface area contributed by atoms with Gasteiger partial charge in [-0.3, -0.25) is 4.68 Å². The monoisotopic (exact) mass is 366 g/mol. The van der Waals surface area contributed by atoms with Crippen molar-refractivity contribution in [2.75, 3.05) is 26.0 Å². The fourth-order valence-electron chi connectivity index (χ4n) is 2.90. The van der Waals surface area contributed by atoms with Crippen LogP contribution in [0.2, 0.25) is 0 Å². The standard InChI is InChI=1S/C21H26N4O2/c1-24(27-2)15-21(26)16-25-14-20(13-23-25)22-12-17-7-6-10-19(11-17)18-8-4-3-5-9-18/h3-11,13-14,21-22,26H,12,15-16H2,1-2H3/t21-/m1/s1. The zero-order chi connectivity index (χ0) is 19.1. The second-order valence-electron chi connectivity index (χ2n) is 6.52. The lowest BCUT2D eigenvalue weighted by Gasteiger charge is -2.17. The molecule has 142 valence electrons. The Morgan fingerprint density at radius 1 is 1.15 bits per heavy atom. The molecule has 3 rings (SSSR count). The van der Waals surface area contributed by atoms with E-state index in [1.165, 1.54) is 16.7 Å². The van der Waals surface area contributed by atoms with Gasteiger partial charge in [-0.2, -0.15) is 10.2 Å². The van der Waals surface area contributed by atoms with Gasteiger partial charge in [-0.1, -0.05) is 48.5 Å². The number of likely N-dealkylation sites (N-methyl/N-ethyl adjacent to an activating group) is 1. The van der Waals surface area contributed by atoms with E-state index >= 15 is 0 Å². The van der Waals surface area contributed by atoms with Gasteiger partial charge in [0, 0.05) is 19.8 Å². The summed E-state index contributed by atoms with van der Waals surface area (Å²) in [7, 11) is 3.36. The third kappa shape index (κ3) is 5.65. The molecule has 6 heteroatoms. The van der Waals surface area contributed by atoms with Crippen molar-refractivity contribution in [3.8, 4) is 11.1 Å². The molecule has 1 atom stereocenters.